The van der Waals surface area contributed by atoms with E-state index in [0.29, 0.717) is 0 Å². The average molecular weight is 347 g/mol. The first kappa shape index (κ1) is 20.2. The van der Waals surface area contributed by atoms with Gasteiger partial charge in [-0.25, -0.2) is 0 Å². The number of allylic oxidation sites excluding steroid dienone is 10. The smallest absolute Gasteiger partial charge is 0.00292 e. The Balaban J connectivity index is 0.000000190. The fourth-order valence-electron chi connectivity index (χ4n) is 2.99. The van der Waals surface area contributed by atoms with E-state index in [2.05, 4.69) is 93.6 Å². The van der Waals surface area contributed by atoms with Crippen LogP contribution < -0.4 is 0 Å². The van der Waals surface area contributed by atoms with E-state index in [1.807, 2.05) is 0 Å². The lowest BCUT2D eigenvalue weighted by atomic mass is 9.99. The molecule has 0 bridgehead atoms. The van der Waals surface area contributed by atoms with Crippen LogP contribution in [0.5, 0.6) is 0 Å². The van der Waals surface area contributed by atoms with E-state index in [9.17, 15) is 0 Å². The summed E-state index contributed by atoms with van der Waals surface area (Å²) in [6, 6.07) is 8.85. The quantitative estimate of drug-likeness (QED) is 0.513. The number of benzene rings is 1. The molecule has 0 saturated carbocycles. The number of aryl methyl sites for hydroxylation is 2. The lowest BCUT2D eigenvalue weighted by molar-refractivity contribution is 0.586. The first-order valence-electron chi connectivity index (χ1n) is 10.1. The summed E-state index contributed by atoms with van der Waals surface area (Å²) < 4.78 is 0. The molecule has 0 fully saturated rings. The minimum Gasteiger partial charge on any atom is -0.0840 e. The van der Waals surface area contributed by atoms with Gasteiger partial charge < -0.3 is 0 Å². The third kappa shape index (κ3) is 8.34. The Bertz CT molecular complexity index is 675. The highest BCUT2D eigenvalue weighted by molar-refractivity contribution is 5.35. The molecule has 0 aromatic heterocycles. The molecular weight excluding hydrogens is 312 g/mol. The van der Waals surface area contributed by atoms with Crippen LogP contribution in [0.2, 0.25) is 0 Å². The van der Waals surface area contributed by atoms with Crippen molar-refractivity contribution in [3.63, 3.8) is 0 Å². The summed E-state index contributed by atoms with van der Waals surface area (Å²) in [7, 11) is 0. The third-order valence-corrected chi connectivity index (χ3v) is 4.66. The molecule has 26 heavy (non-hydrogen) atoms. The lowest BCUT2D eigenvalue weighted by Gasteiger charge is -2.06. The molecule has 138 valence electrons. The molecule has 0 saturated heterocycles. The highest BCUT2D eigenvalue weighted by Gasteiger charge is 2.00. The van der Waals surface area contributed by atoms with Gasteiger partial charge in [0.15, 0.2) is 0 Å². The fraction of sp³-hybridized carbons (Fsp3) is 0.385. The average Bonchev–Trinajstić information content (AvgIpc) is 2.91. The first-order valence-corrected chi connectivity index (χ1v) is 10.1. The van der Waals surface area contributed by atoms with Gasteiger partial charge in [0, 0.05) is 0 Å². The molecule has 0 aliphatic heterocycles. The monoisotopic (exact) mass is 346 g/mol. The molecule has 0 unspecified atom stereocenters. The van der Waals surface area contributed by atoms with Crippen molar-refractivity contribution in [3.8, 4) is 0 Å². The Labute approximate surface area is 160 Å². The van der Waals surface area contributed by atoms with Crippen LogP contribution in [-0.4, -0.2) is 0 Å². The van der Waals surface area contributed by atoms with Gasteiger partial charge in [-0.05, 0) is 68.1 Å². The SMILES string of the molecule is C1=CCC=CC(CC2=CCCC=C2)=C1.Cc1ccc(CCC(C)C)cc1. The summed E-state index contributed by atoms with van der Waals surface area (Å²) in [4.78, 5) is 0. The maximum absolute atomic E-state index is 2.35. The van der Waals surface area contributed by atoms with Crippen molar-refractivity contribution in [1.82, 2.24) is 0 Å². The zero-order valence-corrected chi connectivity index (χ0v) is 16.7. The molecule has 1 aromatic carbocycles. The molecule has 1 aromatic rings. The predicted molar refractivity (Wildman–Crippen MR) is 116 cm³/mol. The van der Waals surface area contributed by atoms with Gasteiger partial charge in [0.25, 0.3) is 0 Å². The normalized spacial score (nSPS) is 15.8. The van der Waals surface area contributed by atoms with Crippen LogP contribution in [0.3, 0.4) is 0 Å². The molecule has 0 radical (unpaired) electrons. The molecule has 0 heterocycles. The van der Waals surface area contributed by atoms with Crippen LogP contribution in [0, 0.1) is 12.8 Å². The van der Waals surface area contributed by atoms with Gasteiger partial charge >= 0.3 is 0 Å². The van der Waals surface area contributed by atoms with Crippen LogP contribution in [0.25, 0.3) is 0 Å². The summed E-state index contributed by atoms with van der Waals surface area (Å²) in [5.41, 5.74) is 5.69. The van der Waals surface area contributed by atoms with Gasteiger partial charge in [0.05, 0.1) is 0 Å². The topological polar surface area (TPSA) is 0 Å². The van der Waals surface area contributed by atoms with E-state index in [1.165, 1.54) is 48.0 Å². The molecular formula is C26H34. The third-order valence-electron chi connectivity index (χ3n) is 4.66. The van der Waals surface area contributed by atoms with Crippen molar-refractivity contribution in [2.45, 2.75) is 59.3 Å². The van der Waals surface area contributed by atoms with Crippen molar-refractivity contribution in [2.75, 3.05) is 0 Å². The summed E-state index contributed by atoms with van der Waals surface area (Å²) in [6.07, 6.45) is 25.0. The van der Waals surface area contributed by atoms with Gasteiger partial charge in [-0.2, -0.15) is 0 Å². The number of hydrogen-bond acceptors (Lipinski definition) is 0. The van der Waals surface area contributed by atoms with E-state index < -0.39 is 0 Å². The molecule has 3 rings (SSSR count). The molecule has 2 aliphatic rings. The van der Waals surface area contributed by atoms with Crippen molar-refractivity contribution >= 4 is 0 Å². The predicted octanol–water partition coefficient (Wildman–Crippen LogP) is 7.68. The van der Waals surface area contributed by atoms with E-state index >= 15 is 0 Å². The maximum atomic E-state index is 2.35. The second-order valence-electron chi connectivity index (χ2n) is 7.66. The van der Waals surface area contributed by atoms with Crippen LogP contribution in [0.4, 0.5) is 0 Å². The summed E-state index contributed by atoms with van der Waals surface area (Å²) in [5, 5.41) is 0. The minimum atomic E-state index is 0.811. The molecule has 2 aliphatic carbocycles. The summed E-state index contributed by atoms with van der Waals surface area (Å²) in [6.45, 7) is 6.68. The second-order valence-corrected chi connectivity index (χ2v) is 7.66. The van der Waals surface area contributed by atoms with Crippen molar-refractivity contribution in [3.05, 3.63) is 95.1 Å². The Morgan fingerprint density at radius 2 is 1.65 bits per heavy atom. The molecule has 0 amide bonds. The molecule has 0 nitrogen and oxygen atoms in total. The Morgan fingerprint density at radius 1 is 0.885 bits per heavy atom. The molecule has 0 atom stereocenters. The van der Waals surface area contributed by atoms with Crippen LogP contribution in [0.1, 0.15) is 57.1 Å². The van der Waals surface area contributed by atoms with E-state index in [4.69, 9.17) is 0 Å². The van der Waals surface area contributed by atoms with Gasteiger partial charge in [0.2, 0.25) is 0 Å². The molecule has 0 N–H and O–H groups in total. The first-order chi connectivity index (χ1) is 12.6. The molecule has 0 heteroatoms. The van der Waals surface area contributed by atoms with E-state index in [1.54, 1.807) is 0 Å². The van der Waals surface area contributed by atoms with Crippen molar-refractivity contribution in [1.29, 1.82) is 0 Å². The fourth-order valence-corrected chi connectivity index (χ4v) is 2.99. The van der Waals surface area contributed by atoms with Crippen molar-refractivity contribution in [2.24, 2.45) is 5.92 Å². The van der Waals surface area contributed by atoms with Gasteiger partial charge in [0.1, 0.15) is 0 Å². The second kappa shape index (κ2) is 11.5. The van der Waals surface area contributed by atoms with Gasteiger partial charge in [-0.1, -0.05) is 92.3 Å². The lowest BCUT2D eigenvalue weighted by Crippen LogP contribution is -1.91. The summed E-state index contributed by atoms with van der Waals surface area (Å²) in [5.74, 6) is 0.811. The Morgan fingerprint density at radius 3 is 2.35 bits per heavy atom. The standard InChI is InChI=1S/C14H16.C12H18/c1-2-5-9-13(8-4-1)12-14-10-6-3-7-11-14;1-10(2)4-7-12-8-5-11(3)6-9-12/h1,4-6,8-11H,2-3,7,12H2;5-6,8-10H,4,7H2,1-3H3. The minimum absolute atomic E-state index is 0.811. The number of hydrogen-bond donors (Lipinski definition) is 0. The van der Waals surface area contributed by atoms with Gasteiger partial charge in [-0.15, -0.1) is 0 Å². The highest BCUT2D eigenvalue weighted by atomic mass is 14.1. The largest absolute Gasteiger partial charge is 0.0840 e. The zero-order chi connectivity index (χ0) is 18.6. The Kier molecular flexibility index (Phi) is 8.96. The number of rotatable bonds is 5. The van der Waals surface area contributed by atoms with E-state index in [0.717, 1.165) is 18.8 Å². The van der Waals surface area contributed by atoms with E-state index in [-0.39, 0.29) is 0 Å². The van der Waals surface area contributed by atoms with Gasteiger partial charge in [-0.3, -0.25) is 0 Å². The zero-order valence-electron chi connectivity index (χ0n) is 16.7. The molecule has 0 spiro atoms. The highest BCUT2D eigenvalue weighted by Crippen LogP contribution is 2.19. The van der Waals surface area contributed by atoms with Crippen LogP contribution in [-0.2, 0) is 6.42 Å². The maximum Gasteiger partial charge on any atom is -0.00292 e. The Hall–Kier alpha value is -2.08. The van der Waals surface area contributed by atoms with Crippen molar-refractivity contribution < 1.29 is 0 Å². The van der Waals surface area contributed by atoms with Crippen LogP contribution >= 0.6 is 0 Å². The van der Waals surface area contributed by atoms with Crippen LogP contribution in [0.15, 0.2) is 84.0 Å². The summed E-state index contributed by atoms with van der Waals surface area (Å²) >= 11 is 0.